The van der Waals surface area contributed by atoms with Crippen LogP contribution in [0.5, 0.6) is 0 Å². The van der Waals surface area contributed by atoms with E-state index < -0.39 is 5.91 Å². The lowest BCUT2D eigenvalue weighted by atomic mass is 10.1. The SMILES string of the molecule is O=C(Cc1ccc(Br)cc1)NNC(=O)c1nn(Cc2ccccc2)c(=O)c2ccccc12. The van der Waals surface area contributed by atoms with E-state index in [1.807, 2.05) is 54.6 Å². The number of aromatic nitrogens is 2. The highest BCUT2D eigenvalue weighted by molar-refractivity contribution is 9.10. The zero-order valence-electron chi connectivity index (χ0n) is 16.9. The van der Waals surface area contributed by atoms with Crippen molar-refractivity contribution in [2.75, 3.05) is 0 Å². The fraction of sp³-hybridized carbons (Fsp3) is 0.0833. The van der Waals surface area contributed by atoms with Crippen molar-refractivity contribution in [1.82, 2.24) is 20.6 Å². The molecule has 4 rings (SSSR count). The van der Waals surface area contributed by atoms with Crippen LogP contribution in [0.3, 0.4) is 0 Å². The first-order valence-electron chi connectivity index (χ1n) is 9.88. The van der Waals surface area contributed by atoms with Crippen molar-refractivity contribution in [3.8, 4) is 0 Å². The zero-order valence-corrected chi connectivity index (χ0v) is 18.5. The van der Waals surface area contributed by atoms with Gasteiger partial charge in [0.05, 0.1) is 18.4 Å². The number of benzene rings is 3. The molecule has 32 heavy (non-hydrogen) atoms. The zero-order chi connectivity index (χ0) is 22.5. The molecule has 3 aromatic carbocycles. The number of hydrogen-bond donors (Lipinski definition) is 2. The number of fused-ring (bicyclic) bond motifs is 1. The number of rotatable bonds is 5. The van der Waals surface area contributed by atoms with Gasteiger partial charge in [0.1, 0.15) is 0 Å². The maximum Gasteiger partial charge on any atom is 0.290 e. The molecule has 2 amide bonds. The quantitative estimate of drug-likeness (QED) is 0.420. The fourth-order valence-electron chi connectivity index (χ4n) is 3.28. The summed E-state index contributed by atoms with van der Waals surface area (Å²) in [5, 5.41) is 5.10. The number of hydrogen-bond acceptors (Lipinski definition) is 4. The average Bonchev–Trinajstić information content (AvgIpc) is 2.81. The van der Waals surface area contributed by atoms with Crippen LogP contribution in [0.15, 0.2) is 88.1 Å². The van der Waals surface area contributed by atoms with E-state index in [0.29, 0.717) is 10.8 Å². The molecular weight excluding hydrogens is 472 g/mol. The molecule has 0 unspecified atom stereocenters. The molecule has 0 aliphatic heterocycles. The van der Waals surface area contributed by atoms with Gasteiger partial charge in [-0.15, -0.1) is 0 Å². The molecule has 0 aliphatic carbocycles. The van der Waals surface area contributed by atoms with Gasteiger partial charge in [-0.05, 0) is 29.3 Å². The van der Waals surface area contributed by atoms with Crippen LogP contribution < -0.4 is 16.4 Å². The Labute approximate surface area is 192 Å². The Morgan fingerprint density at radius 1 is 0.812 bits per heavy atom. The summed E-state index contributed by atoms with van der Waals surface area (Å²) in [4.78, 5) is 38.0. The third-order valence-electron chi connectivity index (χ3n) is 4.85. The molecule has 0 saturated carbocycles. The van der Waals surface area contributed by atoms with Crippen molar-refractivity contribution < 1.29 is 9.59 Å². The Morgan fingerprint density at radius 2 is 1.47 bits per heavy atom. The Morgan fingerprint density at radius 3 is 2.19 bits per heavy atom. The summed E-state index contributed by atoms with van der Waals surface area (Å²) >= 11 is 3.35. The van der Waals surface area contributed by atoms with Crippen molar-refractivity contribution >= 4 is 38.5 Å². The number of carbonyl (C=O) groups is 2. The molecule has 0 spiro atoms. The minimum atomic E-state index is -0.604. The van der Waals surface area contributed by atoms with E-state index >= 15 is 0 Å². The topological polar surface area (TPSA) is 93.1 Å². The number of nitrogens with zero attached hydrogens (tertiary/aromatic N) is 2. The summed E-state index contributed by atoms with van der Waals surface area (Å²) < 4.78 is 2.18. The van der Waals surface area contributed by atoms with Crippen molar-refractivity contribution in [2.45, 2.75) is 13.0 Å². The highest BCUT2D eigenvalue weighted by Crippen LogP contribution is 2.14. The molecule has 0 radical (unpaired) electrons. The number of amides is 2. The van der Waals surface area contributed by atoms with Crippen LogP contribution >= 0.6 is 15.9 Å². The molecule has 0 aliphatic rings. The second-order valence-electron chi connectivity index (χ2n) is 7.15. The third kappa shape index (κ3) is 4.92. The van der Waals surface area contributed by atoms with Gasteiger partial charge in [-0.3, -0.25) is 25.2 Å². The molecule has 2 N–H and O–H groups in total. The molecule has 0 atom stereocenters. The van der Waals surface area contributed by atoms with Crippen LogP contribution in [0.2, 0.25) is 0 Å². The maximum absolute atomic E-state index is 12.9. The molecule has 160 valence electrons. The molecule has 8 heteroatoms. The van der Waals surface area contributed by atoms with Gasteiger partial charge in [-0.1, -0.05) is 76.6 Å². The van der Waals surface area contributed by atoms with Crippen LogP contribution in [-0.4, -0.2) is 21.6 Å². The van der Waals surface area contributed by atoms with Crippen molar-refractivity contribution in [2.24, 2.45) is 0 Å². The van der Waals surface area contributed by atoms with Crippen molar-refractivity contribution in [3.05, 3.63) is 111 Å². The molecule has 4 aromatic rings. The standard InChI is InChI=1S/C24H19BrN4O3/c25-18-12-10-16(11-13-18)14-21(30)26-27-23(31)22-19-8-4-5-9-20(19)24(32)29(28-22)15-17-6-2-1-3-7-17/h1-13H,14-15H2,(H,26,30)(H,27,31). The van der Waals surface area contributed by atoms with E-state index in [1.165, 1.54) is 4.68 Å². The summed E-state index contributed by atoms with van der Waals surface area (Å²) in [6.45, 7) is 0.223. The molecule has 0 bridgehead atoms. The van der Waals surface area contributed by atoms with Gasteiger partial charge in [-0.25, -0.2) is 4.68 Å². The Hall–Kier alpha value is -3.78. The van der Waals surface area contributed by atoms with Crippen molar-refractivity contribution in [3.63, 3.8) is 0 Å². The number of carbonyl (C=O) groups excluding carboxylic acids is 2. The van der Waals surface area contributed by atoms with Crippen LogP contribution in [0.1, 0.15) is 21.6 Å². The van der Waals surface area contributed by atoms with E-state index in [4.69, 9.17) is 0 Å². The monoisotopic (exact) mass is 490 g/mol. The summed E-state index contributed by atoms with van der Waals surface area (Å²) in [7, 11) is 0. The predicted molar refractivity (Wildman–Crippen MR) is 125 cm³/mol. The fourth-order valence-corrected chi connectivity index (χ4v) is 3.55. The first kappa shape index (κ1) is 21.5. The van der Waals surface area contributed by atoms with Gasteiger partial charge in [0, 0.05) is 9.86 Å². The summed E-state index contributed by atoms with van der Waals surface area (Å²) in [5.74, 6) is -0.977. The van der Waals surface area contributed by atoms with Crippen molar-refractivity contribution in [1.29, 1.82) is 0 Å². The first-order chi connectivity index (χ1) is 15.5. The Bertz CT molecular complexity index is 1340. The minimum absolute atomic E-state index is 0.0556. The Balaban J connectivity index is 1.56. The van der Waals surface area contributed by atoms with Gasteiger partial charge < -0.3 is 0 Å². The highest BCUT2D eigenvalue weighted by Gasteiger charge is 2.17. The number of nitrogens with one attached hydrogen (secondary N) is 2. The van der Waals surface area contributed by atoms with E-state index in [9.17, 15) is 14.4 Å². The first-order valence-corrected chi connectivity index (χ1v) is 10.7. The van der Waals surface area contributed by atoms with Gasteiger partial charge in [0.25, 0.3) is 11.5 Å². The van der Waals surface area contributed by atoms with Gasteiger partial charge in [0.2, 0.25) is 5.91 Å². The lowest BCUT2D eigenvalue weighted by Gasteiger charge is -2.12. The Kier molecular flexibility index (Phi) is 6.42. The predicted octanol–water partition coefficient (Wildman–Crippen LogP) is 3.21. The molecular formula is C24H19BrN4O3. The van der Waals surface area contributed by atoms with E-state index in [1.54, 1.807) is 24.3 Å². The summed E-state index contributed by atoms with van der Waals surface area (Å²) in [6, 6.07) is 23.5. The van der Waals surface area contributed by atoms with Crippen LogP contribution in [0, 0.1) is 0 Å². The number of hydrazine groups is 1. The maximum atomic E-state index is 12.9. The van der Waals surface area contributed by atoms with Gasteiger partial charge in [0.15, 0.2) is 5.69 Å². The lowest BCUT2D eigenvalue weighted by Crippen LogP contribution is -2.43. The largest absolute Gasteiger partial charge is 0.290 e. The molecule has 0 saturated heterocycles. The molecule has 0 fully saturated rings. The normalized spacial score (nSPS) is 10.7. The van der Waals surface area contributed by atoms with Gasteiger partial charge in [-0.2, -0.15) is 5.10 Å². The average molecular weight is 491 g/mol. The smallest absolute Gasteiger partial charge is 0.273 e. The third-order valence-corrected chi connectivity index (χ3v) is 5.38. The van der Waals surface area contributed by atoms with E-state index in [-0.39, 0.29) is 30.1 Å². The van der Waals surface area contributed by atoms with E-state index in [2.05, 4.69) is 31.9 Å². The van der Waals surface area contributed by atoms with E-state index in [0.717, 1.165) is 15.6 Å². The van der Waals surface area contributed by atoms with Crippen LogP contribution in [0.25, 0.3) is 10.8 Å². The molecule has 1 heterocycles. The highest BCUT2D eigenvalue weighted by atomic mass is 79.9. The second kappa shape index (κ2) is 9.57. The molecule has 7 nitrogen and oxygen atoms in total. The summed E-state index contributed by atoms with van der Waals surface area (Å²) in [5.41, 5.74) is 6.27. The lowest BCUT2D eigenvalue weighted by molar-refractivity contribution is -0.121. The minimum Gasteiger partial charge on any atom is -0.273 e. The van der Waals surface area contributed by atoms with Gasteiger partial charge >= 0.3 is 0 Å². The number of halogens is 1. The summed E-state index contributed by atoms with van der Waals surface area (Å²) in [6.07, 6.45) is 0.106. The van der Waals surface area contributed by atoms with Crippen LogP contribution in [-0.2, 0) is 17.8 Å². The second-order valence-corrected chi connectivity index (χ2v) is 8.06. The molecule has 1 aromatic heterocycles. The van der Waals surface area contributed by atoms with Crippen LogP contribution in [0.4, 0.5) is 0 Å².